The summed E-state index contributed by atoms with van der Waals surface area (Å²) in [6.45, 7) is 7.93. The predicted molar refractivity (Wildman–Crippen MR) is 69.7 cm³/mol. The van der Waals surface area contributed by atoms with Gasteiger partial charge >= 0.3 is 0 Å². The van der Waals surface area contributed by atoms with Gasteiger partial charge in [-0.1, -0.05) is 12.2 Å². The quantitative estimate of drug-likeness (QED) is 0.362. The lowest BCUT2D eigenvalue weighted by Crippen LogP contribution is -2.38. The van der Waals surface area contributed by atoms with Crippen molar-refractivity contribution in [2.75, 3.05) is 27.4 Å². The van der Waals surface area contributed by atoms with Gasteiger partial charge in [0.25, 0.3) is 5.91 Å². The average molecular weight is 257 g/mol. The highest BCUT2D eigenvalue weighted by molar-refractivity contribution is 5.78. The van der Waals surface area contributed by atoms with Crippen LogP contribution in [0.15, 0.2) is 25.3 Å². The number of allylic oxidation sites excluding steroid dienone is 1. The first kappa shape index (κ1) is 16.8. The van der Waals surface area contributed by atoms with Crippen LogP contribution in [0.1, 0.15) is 12.8 Å². The van der Waals surface area contributed by atoms with Gasteiger partial charge in [0.15, 0.2) is 0 Å². The van der Waals surface area contributed by atoms with E-state index in [9.17, 15) is 9.90 Å². The third kappa shape index (κ3) is 5.95. The Balaban J connectivity index is 4.33. The maximum absolute atomic E-state index is 11.9. The summed E-state index contributed by atoms with van der Waals surface area (Å²) in [5, 5.41) is 11.1. The Hall–Kier alpha value is -1.17. The van der Waals surface area contributed by atoms with Crippen LogP contribution in [0.4, 0.5) is 0 Å². The minimum absolute atomic E-state index is 0.270. The number of amides is 1. The molecule has 5 nitrogen and oxygen atoms in total. The second-order valence-electron chi connectivity index (χ2n) is 3.87. The zero-order valence-electron chi connectivity index (χ0n) is 11.2. The van der Waals surface area contributed by atoms with Crippen molar-refractivity contribution in [3.05, 3.63) is 25.3 Å². The van der Waals surface area contributed by atoms with Crippen molar-refractivity contribution in [3.63, 3.8) is 0 Å². The first-order valence-corrected chi connectivity index (χ1v) is 5.87. The number of hydrogen-bond donors (Lipinski definition) is 1. The fourth-order valence-electron chi connectivity index (χ4n) is 1.50. The highest BCUT2D eigenvalue weighted by atomic mass is 16.7. The Kier molecular flexibility index (Phi) is 9.18. The van der Waals surface area contributed by atoms with E-state index in [-0.39, 0.29) is 5.91 Å². The maximum atomic E-state index is 11.9. The Morgan fingerprint density at radius 2 is 2.11 bits per heavy atom. The molecule has 0 aliphatic rings. The van der Waals surface area contributed by atoms with Crippen molar-refractivity contribution in [2.45, 2.75) is 18.9 Å². The van der Waals surface area contributed by atoms with Gasteiger partial charge in [0.2, 0.25) is 0 Å². The van der Waals surface area contributed by atoms with Gasteiger partial charge in [0, 0.05) is 13.7 Å². The van der Waals surface area contributed by atoms with Crippen molar-refractivity contribution in [1.82, 2.24) is 5.06 Å². The van der Waals surface area contributed by atoms with Crippen molar-refractivity contribution in [3.8, 4) is 0 Å². The minimum atomic E-state index is -0.780. The number of nitrogens with zero attached hydrogens (tertiary/aromatic N) is 1. The van der Waals surface area contributed by atoms with Crippen molar-refractivity contribution in [2.24, 2.45) is 5.92 Å². The van der Waals surface area contributed by atoms with Gasteiger partial charge in [-0.2, -0.15) is 0 Å². The summed E-state index contributed by atoms with van der Waals surface area (Å²) >= 11 is 0. The first-order valence-electron chi connectivity index (χ1n) is 5.87. The van der Waals surface area contributed by atoms with E-state index in [0.29, 0.717) is 26.1 Å². The molecular formula is C13H23NO4. The molecule has 0 spiro atoms. The molecular weight excluding hydrogens is 234 g/mol. The first-order chi connectivity index (χ1) is 8.58. The van der Waals surface area contributed by atoms with Crippen LogP contribution in [0.3, 0.4) is 0 Å². The van der Waals surface area contributed by atoms with E-state index in [1.54, 1.807) is 12.2 Å². The number of aliphatic hydroxyl groups excluding tert-OH is 1. The molecule has 0 aromatic rings. The van der Waals surface area contributed by atoms with Crippen molar-refractivity contribution in [1.29, 1.82) is 0 Å². The molecule has 2 atom stereocenters. The molecule has 18 heavy (non-hydrogen) atoms. The second-order valence-corrected chi connectivity index (χ2v) is 3.87. The van der Waals surface area contributed by atoms with Crippen LogP contribution in [0.2, 0.25) is 0 Å². The molecule has 1 N–H and O–H groups in total. The van der Waals surface area contributed by atoms with E-state index in [2.05, 4.69) is 13.2 Å². The summed E-state index contributed by atoms with van der Waals surface area (Å²) in [6, 6.07) is 0. The molecule has 0 fully saturated rings. The predicted octanol–water partition coefficient (Wildman–Crippen LogP) is 1.15. The minimum Gasteiger partial charge on any atom is -0.392 e. The Morgan fingerprint density at radius 3 is 2.61 bits per heavy atom. The summed E-state index contributed by atoms with van der Waals surface area (Å²) in [6.07, 6.45) is 3.25. The van der Waals surface area contributed by atoms with Gasteiger partial charge in [-0.15, -0.1) is 13.2 Å². The lowest BCUT2D eigenvalue weighted by Gasteiger charge is -2.24. The van der Waals surface area contributed by atoms with Crippen LogP contribution in [0.5, 0.6) is 0 Å². The monoisotopic (exact) mass is 257 g/mol. The molecule has 0 saturated heterocycles. The van der Waals surface area contributed by atoms with Gasteiger partial charge in [0.1, 0.15) is 0 Å². The third-order valence-electron chi connectivity index (χ3n) is 2.58. The lowest BCUT2D eigenvalue weighted by molar-refractivity contribution is -0.177. The van der Waals surface area contributed by atoms with E-state index in [0.717, 1.165) is 5.06 Å². The number of carbonyl (C=O) groups excluding carboxylic acids is 1. The normalized spacial score (nSPS) is 13.7. The lowest BCUT2D eigenvalue weighted by atomic mass is 9.95. The molecule has 5 heteroatoms. The van der Waals surface area contributed by atoms with E-state index < -0.39 is 12.0 Å². The summed E-state index contributed by atoms with van der Waals surface area (Å²) in [5.41, 5.74) is 0. The number of rotatable bonds is 10. The molecule has 0 aromatic carbocycles. The number of hydroxylamine groups is 2. The number of aliphatic hydroxyl groups is 1. The molecule has 0 rings (SSSR count). The topological polar surface area (TPSA) is 59.0 Å². The molecule has 0 aliphatic heterocycles. The van der Waals surface area contributed by atoms with Crippen LogP contribution in [0.25, 0.3) is 0 Å². The molecule has 0 saturated carbocycles. The second kappa shape index (κ2) is 9.82. The zero-order valence-corrected chi connectivity index (χ0v) is 11.2. The van der Waals surface area contributed by atoms with Crippen LogP contribution in [0, 0.1) is 5.92 Å². The molecule has 0 unspecified atom stereocenters. The average Bonchev–Trinajstić information content (AvgIpc) is 2.39. The van der Waals surface area contributed by atoms with Crippen LogP contribution in [-0.2, 0) is 14.4 Å². The smallest absolute Gasteiger partial charge is 0.251 e. The van der Waals surface area contributed by atoms with Gasteiger partial charge in [-0.05, 0) is 12.8 Å². The van der Waals surface area contributed by atoms with Gasteiger partial charge in [-0.25, -0.2) is 5.06 Å². The van der Waals surface area contributed by atoms with Crippen LogP contribution >= 0.6 is 0 Å². The Bertz CT molecular complexity index is 268. The highest BCUT2D eigenvalue weighted by Crippen LogP contribution is 2.16. The molecule has 0 aliphatic carbocycles. The van der Waals surface area contributed by atoms with E-state index in [1.165, 1.54) is 14.2 Å². The molecule has 1 amide bonds. The summed E-state index contributed by atoms with van der Waals surface area (Å²) < 4.78 is 5.19. The molecule has 0 aromatic heterocycles. The van der Waals surface area contributed by atoms with Crippen molar-refractivity contribution < 1.29 is 19.5 Å². The maximum Gasteiger partial charge on any atom is 0.251 e. The zero-order chi connectivity index (χ0) is 14.0. The fraction of sp³-hybridized carbons (Fsp3) is 0.615. The number of ether oxygens (including phenoxy) is 1. The van der Waals surface area contributed by atoms with E-state index in [4.69, 9.17) is 9.57 Å². The Labute approximate surface area is 109 Å². The largest absolute Gasteiger partial charge is 0.392 e. The highest BCUT2D eigenvalue weighted by Gasteiger charge is 2.28. The molecule has 104 valence electrons. The van der Waals surface area contributed by atoms with Gasteiger partial charge in [-0.3, -0.25) is 9.63 Å². The summed E-state index contributed by atoms with van der Waals surface area (Å²) in [7, 11) is 2.92. The standard InChI is InChI=1S/C13H23NO4/c1-5-7-11(13(16)14(3)17-4)12(15)8-10-18-9-6-2/h5-6,11-12,15H,1-2,7-10H2,3-4H3/t11-,12+/m1/s1. The SMILES string of the molecule is C=CCOCC[C@H](O)[C@@H](CC=C)C(=O)N(C)OC. The van der Waals surface area contributed by atoms with E-state index in [1.807, 2.05) is 0 Å². The Morgan fingerprint density at radius 1 is 1.44 bits per heavy atom. The van der Waals surface area contributed by atoms with Crippen molar-refractivity contribution >= 4 is 5.91 Å². The fourth-order valence-corrected chi connectivity index (χ4v) is 1.50. The molecule has 0 heterocycles. The third-order valence-corrected chi connectivity index (χ3v) is 2.58. The molecule has 0 bridgehead atoms. The van der Waals surface area contributed by atoms with Gasteiger partial charge in [0.05, 0.1) is 25.7 Å². The van der Waals surface area contributed by atoms with Crippen LogP contribution < -0.4 is 0 Å². The summed E-state index contributed by atoms with van der Waals surface area (Å²) in [4.78, 5) is 16.8. The van der Waals surface area contributed by atoms with E-state index >= 15 is 0 Å². The van der Waals surface area contributed by atoms with Crippen LogP contribution in [-0.4, -0.2) is 49.6 Å². The number of hydrogen-bond acceptors (Lipinski definition) is 4. The van der Waals surface area contributed by atoms with Gasteiger partial charge < -0.3 is 9.84 Å². The molecule has 0 radical (unpaired) electrons. The number of carbonyl (C=O) groups is 1. The summed E-state index contributed by atoms with van der Waals surface area (Å²) in [5.74, 6) is -0.826.